The second-order valence-electron chi connectivity index (χ2n) is 4.45. The lowest BCUT2D eigenvalue weighted by Crippen LogP contribution is -2.02. The van der Waals surface area contributed by atoms with Crippen LogP contribution in [0.25, 0.3) is 22.9 Å². The summed E-state index contributed by atoms with van der Waals surface area (Å²) in [7, 11) is 0. The third kappa shape index (κ3) is 1.89. The largest absolute Gasteiger partial charge is 0.399 e. The number of benzene rings is 1. The van der Waals surface area contributed by atoms with E-state index in [-0.39, 0.29) is 0 Å². The molecule has 0 aliphatic heterocycles. The van der Waals surface area contributed by atoms with Crippen molar-refractivity contribution in [3.8, 4) is 17.2 Å². The van der Waals surface area contributed by atoms with E-state index in [2.05, 4.69) is 25.3 Å². The summed E-state index contributed by atoms with van der Waals surface area (Å²) >= 11 is 0. The Bertz CT molecular complexity index is 922. The van der Waals surface area contributed by atoms with Crippen LogP contribution >= 0.6 is 0 Å². The molecule has 1 aromatic carbocycles. The highest BCUT2D eigenvalue weighted by Gasteiger charge is 2.11. The van der Waals surface area contributed by atoms with Crippen LogP contribution in [0.1, 0.15) is 0 Å². The standard InChI is InChI=1S/C13H10N8/c14-10-3-1-2-9(6-10)11-16-7-21(19-11)12-13-18-17-8-20(13)5-4-15-12/h1-8H,14H2. The Morgan fingerprint density at radius 1 is 1.10 bits per heavy atom. The molecule has 0 fully saturated rings. The zero-order valence-electron chi connectivity index (χ0n) is 10.8. The minimum absolute atomic E-state index is 0.567. The van der Waals surface area contributed by atoms with Crippen molar-refractivity contribution < 1.29 is 0 Å². The van der Waals surface area contributed by atoms with Gasteiger partial charge in [0.05, 0.1) is 0 Å². The highest BCUT2D eigenvalue weighted by molar-refractivity contribution is 5.61. The lowest BCUT2D eigenvalue weighted by molar-refractivity contribution is 0.842. The van der Waals surface area contributed by atoms with Gasteiger partial charge in [-0.3, -0.25) is 4.40 Å². The van der Waals surface area contributed by atoms with Crippen molar-refractivity contribution in [2.45, 2.75) is 0 Å². The third-order valence-corrected chi connectivity index (χ3v) is 3.05. The fraction of sp³-hybridized carbons (Fsp3) is 0. The molecule has 0 amide bonds. The molecule has 8 heteroatoms. The smallest absolute Gasteiger partial charge is 0.205 e. The van der Waals surface area contributed by atoms with Crippen molar-refractivity contribution in [2.24, 2.45) is 0 Å². The maximum absolute atomic E-state index is 5.78. The third-order valence-electron chi connectivity index (χ3n) is 3.05. The van der Waals surface area contributed by atoms with Crippen LogP contribution in [-0.2, 0) is 0 Å². The Hall–Kier alpha value is -3.29. The average Bonchev–Trinajstić information content (AvgIpc) is 3.16. The molecule has 4 rings (SSSR count). The van der Waals surface area contributed by atoms with Crippen molar-refractivity contribution in [1.82, 2.24) is 34.3 Å². The lowest BCUT2D eigenvalue weighted by atomic mass is 10.2. The minimum atomic E-state index is 0.567. The number of hydrogen-bond donors (Lipinski definition) is 1. The topological polar surface area (TPSA) is 99.8 Å². The van der Waals surface area contributed by atoms with Gasteiger partial charge in [-0.1, -0.05) is 12.1 Å². The summed E-state index contributed by atoms with van der Waals surface area (Å²) in [6.07, 6.45) is 6.63. The van der Waals surface area contributed by atoms with Crippen LogP contribution in [0.4, 0.5) is 5.69 Å². The molecule has 21 heavy (non-hydrogen) atoms. The van der Waals surface area contributed by atoms with Crippen LogP contribution in [-0.4, -0.2) is 34.3 Å². The van der Waals surface area contributed by atoms with Gasteiger partial charge >= 0.3 is 0 Å². The van der Waals surface area contributed by atoms with Gasteiger partial charge < -0.3 is 5.73 Å². The van der Waals surface area contributed by atoms with E-state index < -0.39 is 0 Å². The van der Waals surface area contributed by atoms with Crippen molar-refractivity contribution in [1.29, 1.82) is 0 Å². The molecule has 0 aliphatic carbocycles. The summed E-state index contributed by atoms with van der Waals surface area (Å²) in [5.74, 6) is 1.14. The summed E-state index contributed by atoms with van der Waals surface area (Å²) in [4.78, 5) is 8.58. The van der Waals surface area contributed by atoms with E-state index in [0.717, 1.165) is 5.56 Å². The molecule has 102 valence electrons. The minimum Gasteiger partial charge on any atom is -0.399 e. The first-order chi connectivity index (χ1) is 10.3. The Labute approximate surface area is 118 Å². The zero-order chi connectivity index (χ0) is 14.2. The van der Waals surface area contributed by atoms with Crippen molar-refractivity contribution in [2.75, 3.05) is 5.73 Å². The Morgan fingerprint density at radius 2 is 2.05 bits per heavy atom. The monoisotopic (exact) mass is 278 g/mol. The molecule has 2 N–H and O–H groups in total. The summed E-state index contributed by atoms with van der Waals surface area (Å²) < 4.78 is 3.34. The van der Waals surface area contributed by atoms with Crippen LogP contribution in [0.5, 0.6) is 0 Å². The fourth-order valence-corrected chi connectivity index (χ4v) is 2.08. The maximum atomic E-state index is 5.78. The molecule has 0 saturated carbocycles. The molecule has 0 bridgehead atoms. The number of fused-ring (bicyclic) bond motifs is 1. The van der Waals surface area contributed by atoms with E-state index >= 15 is 0 Å². The molecule has 0 spiro atoms. The second-order valence-corrected chi connectivity index (χ2v) is 4.45. The maximum Gasteiger partial charge on any atom is 0.205 e. The molecular formula is C13H10N8. The van der Waals surface area contributed by atoms with Crippen molar-refractivity contribution in [3.63, 3.8) is 0 Å². The number of aromatic nitrogens is 7. The Balaban J connectivity index is 1.83. The molecule has 3 aromatic heterocycles. The van der Waals surface area contributed by atoms with Crippen LogP contribution in [0, 0.1) is 0 Å². The van der Waals surface area contributed by atoms with Gasteiger partial charge in [0, 0.05) is 23.6 Å². The van der Waals surface area contributed by atoms with E-state index in [1.54, 1.807) is 34.1 Å². The molecule has 8 nitrogen and oxygen atoms in total. The molecular weight excluding hydrogens is 268 g/mol. The highest BCUT2D eigenvalue weighted by Crippen LogP contribution is 2.18. The van der Waals surface area contributed by atoms with Gasteiger partial charge in [0.1, 0.15) is 12.7 Å². The van der Waals surface area contributed by atoms with E-state index in [9.17, 15) is 0 Å². The van der Waals surface area contributed by atoms with Gasteiger partial charge in [0.15, 0.2) is 5.82 Å². The number of nitrogens with zero attached hydrogens (tertiary/aromatic N) is 7. The lowest BCUT2D eigenvalue weighted by Gasteiger charge is -2.00. The Morgan fingerprint density at radius 3 is 2.95 bits per heavy atom. The Kier molecular flexibility index (Phi) is 2.40. The number of rotatable bonds is 2. The molecule has 0 atom stereocenters. The van der Waals surface area contributed by atoms with Gasteiger partial charge in [-0.15, -0.1) is 15.3 Å². The van der Waals surface area contributed by atoms with Crippen molar-refractivity contribution in [3.05, 3.63) is 49.3 Å². The first-order valence-electron chi connectivity index (χ1n) is 6.23. The van der Waals surface area contributed by atoms with E-state index in [4.69, 9.17) is 5.73 Å². The van der Waals surface area contributed by atoms with E-state index in [0.29, 0.717) is 23.0 Å². The number of nitrogen functional groups attached to an aromatic ring is 1. The zero-order valence-corrected chi connectivity index (χ0v) is 10.8. The normalized spacial score (nSPS) is 11.0. The first-order valence-corrected chi connectivity index (χ1v) is 6.23. The van der Waals surface area contributed by atoms with Gasteiger partial charge in [-0.25, -0.2) is 9.97 Å². The predicted octanol–water partition coefficient (Wildman–Crippen LogP) is 0.954. The summed E-state index contributed by atoms with van der Waals surface area (Å²) in [6, 6.07) is 7.41. The van der Waals surface area contributed by atoms with Crippen molar-refractivity contribution >= 4 is 11.3 Å². The molecule has 4 aromatic rings. The molecule has 0 unspecified atom stereocenters. The predicted molar refractivity (Wildman–Crippen MR) is 75.5 cm³/mol. The van der Waals surface area contributed by atoms with Gasteiger partial charge in [0.2, 0.25) is 11.5 Å². The quantitative estimate of drug-likeness (QED) is 0.548. The average molecular weight is 278 g/mol. The molecule has 3 heterocycles. The SMILES string of the molecule is Nc1cccc(-c2ncn(-c3nccn4cnnc34)n2)c1. The number of anilines is 1. The fourth-order valence-electron chi connectivity index (χ4n) is 2.08. The first kappa shape index (κ1) is 11.5. The van der Waals surface area contributed by atoms with Crippen LogP contribution in [0.15, 0.2) is 49.3 Å². The van der Waals surface area contributed by atoms with Crippen LogP contribution in [0.2, 0.25) is 0 Å². The summed E-state index contributed by atoms with van der Waals surface area (Å²) in [6.45, 7) is 0. The second kappa shape index (κ2) is 4.37. The summed E-state index contributed by atoms with van der Waals surface area (Å²) in [5, 5.41) is 12.3. The van der Waals surface area contributed by atoms with Gasteiger partial charge in [-0.2, -0.15) is 4.68 Å². The van der Waals surface area contributed by atoms with Crippen LogP contribution in [0.3, 0.4) is 0 Å². The van der Waals surface area contributed by atoms with Gasteiger partial charge in [-0.05, 0) is 12.1 Å². The molecule has 0 saturated heterocycles. The molecule has 0 aliphatic rings. The highest BCUT2D eigenvalue weighted by atomic mass is 15.4. The van der Waals surface area contributed by atoms with E-state index in [1.165, 1.54) is 0 Å². The number of hydrogen-bond acceptors (Lipinski definition) is 6. The number of nitrogens with two attached hydrogens (primary N) is 1. The van der Waals surface area contributed by atoms with Gasteiger partial charge in [0.25, 0.3) is 0 Å². The molecule has 0 radical (unpaired) electrons. The summed E-state index contributed by atoms with van der Waals surface area (Å²) in [5.41, 5.74) is 7.91. The van der Waals surface area contributed by atoms with Crippen LogP contribution < -0.4 is 5.73 Å². The van der Waals surface area contributed by atoms with E-state index in [1.807, 2.05) is 24.3 Å².